The van der Waals surface area contributed by atoms with Crippen LogP contribution in [0.3, 0.4) is 0 Å². The molecule has 2 N–H and O–H groups in total. The van der Waals surface area contributed by atoms with E-state index in [-0.39, 0.29) is 0 Å². The summed E-state index contributed by atoms with van der Waals surface area (Å²) < 4.78 is 0. The molecule has 48 valence electrons. The summed E-state index contributed by atoms with van der Waals surface area (Å²) in [6.07, 6.45) is 1.12. The van der Waals surface area contributed by atoms with Gasteiger partial charge in [0.1, 0.15) is 0 Å². The topological polar surface area (TPSA) is 29.3 Å². The standard InChI is InChI=1S/C6H14N2/c1-4-5-8(3)6(2)7/h2,4-5,7H2,1,3H3. The summed E-state index contributed by atoms with van der Waals surface area (Å²) in [5.74, 6) is 0.645. The van der Waals surface area contributed by atoms with Crippen molar-refractivity contribution in [1.29, 1.82) is 0 Å². The Kier molecular flexibility index (Phi) is 3.08. The van der Waals surface area contributed by atoms with Crippen LogP contribution in [0.15, 0.2) is 12.4 Å². The van der Waals surface area contributed by atoms with Gasteiger partial charge in [0, 0.05) is 13.6 Å². The number of rotatable bonds is 3. The predicted molar refractivity (Wildman–Crippen MR) is 36.2 cm³/mol. The summed E-state index contributed by atoms with van der Waals surface area (Å²) in [6, 6.07) is 0. The van der Waals surface area contributed by atoms with Crippen LogP contribution in [0.2, 0.25) is 0 Å². The highest BCUT2D eigenvalue weighted by Crippen LogP contribution is 1.89. The van der Waals surface area contributed by atoms with Crippen molar-refractivity contribution in [2.24, 2.45) is 5.73 Å². The lowest BCUT2D eigenvalue weighted by molar-refractivity contribution is 0.414. The first-order valence-corrected chi connectivity index (χ1v) is 2.84. The molecule has 0 bridgehead atoms. The molecule has 2 nitrogen and oxygen atoms in total. The van der Waals surface area contributed by atoms with Gasteiger partial charge >= 0.3 is 0 Å². The van der Waals surface area contributed by atoms with Gasteiger partial charge in [0.05, 0.1) is 5.82 Å². The average Bonchev–Trinajstić information content (AvgIpc) is 1.67. The summed E-state index contributed by atoms with van der Waals surface area (Å²) in [7, 11) is 1.94. The largest absolute Gasteiger partial charge is 0.386 e. The van der Waals surface area contributed by atoms with Gasteiger partial charge in [-0.2, -0.15) is 0 Å². The molecule has 0 aliphatic rings. The van der Waals surface area contributed by atoms with Crippen molar-refractivity contribution < 1.29 is 0 Å². The Bertz CT molecular complexity index is 78.6. The van der Waals surface area contributed by atoms with Gasteiger partial charge in [-0.05, 0) is 6.42 Å². The summed E-state index contributed by atoms with van der Waals surface area (Å²) >= 11 is 0. The maximum absolute atomic E-state index is 5.35. The minimum Gasteiger partial charge on any atom is -0.386 e. The van der Waals surface area contributed by atoms with Gasteiger partial charge in [0.25, 0.3) is 0 Å². The van der Waals surface area contributed by atoms with Crippen LogP contribution in [0.25, 0.3) is 0 Å². The van der Waals surface area contributed by atoms with Gasteiger partial charge in [0.15, 0.2) is 0 Å². The molecular weight excluding hydrogens is 100 g/mol. The summed E-state index contributed by atoms with van der Waals surface area (Å²) in [5.41, 5.74) is 5.35. The van der Waals surface area contributed by atoms with E-state index in [0.717, 1.165) is 13.0 Å². The summed E-state index contributed by atoms with van der Waals surface area (Å²) in [5, 5.41) is 0. The fourth-order valence-corrected chi connectivity index (χ4v) is 0.479. The van der Waals surface area contributed by atoms with Crippen LogP contribution in [-0.4, -0.2) is 18.5 Å². The van der Waals surface area contributed by atoms with E-state index in [1.807, 2.05) is 11.9 Å². The fourth-order valence-electron chi connectivity index (χ4n) is 0.479. The van der Waals surface area contributed by atoms with Crippen LogP contribution in [0.1, 0.15) is 13.3 Å². The van der Waals surface area contributed by atoms with Crippen LogP contribution in [0, 0.1) is 0 Å². The third-order valence-electron chi connectivity index (χ3n) is 1.05. The van der Waals surface area contributed by atoms with E-state index in [9.17, 15) is 0 Å². The van der Waals surface area contributed by atoms with Gasteiger partial charge in [-0.25, -0.2) is 0 Å². The van der Waals surface area contributed by atoms with E-state index in [1.54, 1.807) is 0 Å². The van der Waals surface area contributed by atoms with Crippen molar-refractivity contribution in [1.82, 2.24) is 4.90 Å². The van der Waals surface area contributed by atoms with E-state index < -0.39 is 0 Å². The molecule has 0 rings (SSSR count). The van der Waals surface area contributed by atoms with Gasteiger partial charge < -0.3 is 10.6 Å². The molecule has 0 aromatic rings. The minimum atomic E-state index is 0.645. The van der Waals surface area contributed by atoms with E-state index in [1.165, 1.54) is 0 Å². The van der Waals surface area contributed by atoms with Gasteiger partial charge in [0.2, 0.25) is 0 Å². The Morgan fingerprint density at radius 2 is 2.25 bits per heavy atom. The molecule has 8 heavy (non-hydrogen) atoms. The molecule has 0 amide bonds. The molecule has 2 heteroatoms. The highest BCUT2D eigenvalue weighted by atomic mass is 15.2. The van der Waals surface area contributed by atoms with E-state index >= 15 is 0 Å². The molecule has 0 aliphatic carbocycles. The predicted octanol–water partition coefficient (Wildman–Crippen LogP) is 0.758. The van der Waals surface area contributed by atoms with Crippen molar-refractivity contribution in [3.63, 3.8) is 0 Å². The van der Waals surface area contributed by atoms with Crippen molar-refractivity contribution in [3.8, 4) is 0 Å². The molecule has 0 aliphatic heterocycles. The van der Waals surface area contributed by atoms with Crippen LogP contribution < -0.4 is 5.73 Å². The zero-order valence-corrected chi connectivity index (χ0v) is 5.65. The summed E-state index contributed by atoms with van der Waals surface area (Å²) in [6.45, 7) is 6.68. The molecule has 0 aromatic heterocycles. The lowest BCUT2D eigenvalue weighted by Crippen LogP contribution is -2.22. The van der Waals surface area contributed by atoms with Crippen molar-refractivity contribution in [2.75, 3.05) is 13.6 Å². The lowest BCUT2D eigenvalue weighted by atomic mass is 10.4. The van der Waals surface area contributed by atoms with Crippen molar-refractivity contribution in [3.05, 3.63) is 12.4 Å². The Labute approximate surface area is 51.0 Å². The Hall–Kier alpha value is -0.660. The molecule has 0 radical (unpaired) electrons. The van der Waals surface area contributed by atoms with Crippen LogP contribution in [0.5, 0.6) is 0 Å². The first kappa shape index (κ1) is 7.34. The highest BCUT2D eigenvalue weighted by molar-refractivity contribution is 4.83. The molecule has 0 fully saturated rings. The molecule has 0 aromatic carbocycles. The molecule has 0 saturated heterocycles. The maximum atomic E-state index is 5.35. The van der Waals surface area contributed by atoms with E-state index in [4.69, 9.17) is 5.73 Å². The monoisotopic (exact) mass is 114 g/mol. The second kappa shape index (κ2) is 3.36. The molecule has 0 unspecified atom stereocenters. The van der Waals surface area contributed by atoms with Crippen LogP contribution >= 0.6 is 0 Å². The van der Waals surface area contributed by atoms with Crippen LogP contribution in [-0.2, 0) is 0 Å². The van der Waals surface area contributed by atoms with Gasteiger partial charge in [-0.3, -0.25) is 0 Å². The van der Waals surface area contributed by atoms with Gasteiger partial charge in [-0.15, -0.1) is 0 Å². The third kappa shape index (κ3) is 2.50. The number of nitrogens with zero attached hydrogens (tertiary/aromatic N) is 1. The number of nitrogens with two attached hydrogens (primary N) is 1. The van der Waals surface area contributed by atoms with Gasteiger partial charge in [-0.1, -0.05) is 13.5 Å². The normalized spacial score (nSPS) is 8.75. The Balaban J connectivity index is 3.32. The van der Waals surface area contributed by atoms with Crippen LogP contribution in [0.4, 0.5) is 0 Å². The smallest absolute Gasteiger partial charge is 0.0909 e. The second-order valence-electron chi connectivity index (χ2n) is 1.91. The first-order chi connectivity index (χ1) is 3.68. The fraction of sp³-hybridized carbons (Fsp3) is 0.667. The third-order valence-corrected chi connectivity index (χ3v) is 1.05. The molecular formula is C6H14N2. The van der Waals surface area contributed by atoms with Crippen molar-refractivity contribution >= 4 is 0 Å². The molecule has 0 atom stereocenters. The zero-order chi connectivity index (χ0) is 6.57. The van der Waals surface area contributed by atoms with E-state index in [0.29, 0.717) is 5.82 Å². The second-order valence-corrected chi connectivity index (χ2v) is 1.91. The maximum Gasteiger partial charge on any atom is 0.0909 e. The number of hydrogen-bond donors (Lipinski definition) is 1. The van der Waals surface area contributed by atoms with E-state index in [2.05, 4.69) is 13.5 Å². The average molecular weight is 114 g/mol. The minimum absolute atomic E-state index is 0.645. The summed E-state index contributed by atoms with van der Waals surface area (Å²) in [4.78, 5) is 1.93. The molecule has 0 heterocycles. The zero-order valence-electron chi connectivity index (χ0n) is 5.65. The number of hydrogen-bond acceptors (Lipinski definition) is 2. The molecule has 0 saturated carbocycles. The van der Waals surface area contributed by atoms with Crippen molar-refractivity contribution in [2.45, 2.75) is 13.3 Å². The Morgan fingerprint density at radius 1 is 1.75 bits per heavy atom. The molecule has 0 spiro atoms. The Morgan fingerprint density at radius 3 is 2.38 bits per heavy atom. The highest BCUT2D eigenvalue weighted by Gasteiger charge is 1.91. The lowest BCUT2D eigenvalue weighted by Gasteiger charge is -2.16. The first-order valence-electron chi connectivity index (χ1n) is 2.84. The quantitative estimate of drug-likeness (QED) is 0.587. The SMILES string of the molecule is C=C(N)N(C)CCC.